The van der Waals surface area contributed by atoms with Gasteiger partial charge < -0.3 is 25.0 Å². The van der Waals surface area contributed by atoms with E-state index in [1.807, 2.05) is 32.3 Å². The number of morpholine rings is 1. The van der Waals surface area contributed by atoms with Crippen LogP contribution in [0.15, 0.2) is 53.5 Å². The van der Waals surface area contributed by atoms with Gasteiger partial charge in [0.05, 0.1) is 13.2 Å². The Hall–Kier alpha value is -2.61. The molecule has 0 bridgehead atoms. The molecule has 1 saturated heterocycles. The monoisotopic (exact) mass is 439 g/mol. The second-order valence-corrected chi connectivity index (χ2v) is 8.20. The van der Waals surface area contributed by atoms with E-state index in [0.717, 1.165) is 63.2 Å². The molecule has 0 saturated carbocycles. The highest BCUT2D eigenvalue weighted by molar-refractivity contribution is 5.79. The predicted molar refractivity (Wildman–Crippen MR) is 130 cm³/mol. The van der Waals surface area contributed by atoms with Crippen LogP contribution in [0.25, 0.3) is 0 Å². The summed E-state index contributed by atoms with van der Waals surface area (Å²) < 4.78 is 11.5. The van der Waals surface area contributed by atoms with Crippen LogP contribution in [0.5, 0.6) is 5.75 Å². The number of rotatable bonds is 10. The molecule has 1 fully saturated rings. The van der Waals surface area contributed by atoms with Crippen LogP contribution in [-0.4, -0.2) is 76.4 Å². The van der Waals surface area contributed by atoms with Crippen LogP contribution in [-0.2, 0) is 24.4 Å². The van der Waals surface area contributed by atoms with Crippen LogP contribution in [0, 0.1) is 0 Å². The molecule has 7 heteroatoms. The van der Waals surface area contributed by atoms with Gasteiger partial charge in [0.1, 0.15) is 12.4 Å². The summed E-state index contributed by atoms with van der Waals surface area (Å²) in [6, 6.07) is 16.7. The van der Waals surface area contributed by atoms with Gasteiger partial charge >= 0.3 is 0 Å². The standard InChI is InChI=1S/C25H37N5O2/c1-26-25(28-19-22-9-6-7-11-24(22)32-17-12-29(2)3)27-18-21-8-4-5-10-23(21)20-30-13-15-31-16-14-30/h4-11H,12-20H2,1-3H3,(H2,26,27,28). The first-order valence-corrected chi connectivity index (χ1v) is 11.3. The maximum Gasteiger partial charge on any atom is 0.191 e. The minimum atomic E-state index is 0.646. The molecule has 32 heavy (non-hydrogen) atoms. The molecule has 0 atom stereocenters. The molecule has 2 N–H and O–H groups in total. The molecular formula is C25H37N5O2. The Balaban J connectivity index is 1.53. The number of nitrogens with zero attached hydrogens (tertiary/aromatic N) is 3. The van der Waals surface area contributed by atoms with Crippen LogP contribution in [0.3, 0.4) is 0 Å². The second kappa shape index (κ2) is 13.1. The molecule has 0 aliphatic carbocycles. The van der Waals surface area contributed by atoms with E-state index in [1.54, 1.807) is 7.05 Å². The summed E-state index contributed by atoms with van der Waals surface area (Å²) in [6.07, 6.45) is 0. The highest BCUT2D eigenvalue weighted by Crippen LogP contribution is 2.18. The first-order valence-electron chi connectivity index (χ1n) is 11.3. The van der Waals surface area contributed by atoms with Gasteiger partial charge in [-0.1, -0.05) is 42.5 Å². The number of aliphatic imine (C=N–C) groups is 1. The number of guanidine groups is 1. The minimum Gasteiger partial charge on any atom is -0.492 e. The molecule has 0 aromatic heterocycles. The maximum atomic E-state index is 5.98. The van der Waals surface area contributed by atoms with Crippen LogP contribution >= 0.6 is 0 Å². The van der Waals surface area contributed by atoms with E-state index < -0.39 is 0 Å². The van der Waals surface area contributed by atoms with Crippen molar-refractivity contribution in [3.63, 3.8) is 0 Å². The zero-order valence-electron chi connectivity index (χ0n) is 19.6. The summed E-state index contributed by atoms with van der Waals surface area (Å²) in [7, 11) is 5.89. The summed E-state index contributed by atoms with van der Waals surface area (Å²) in [5.74, 6) is 1.68. The molecular weight excluding hydrogens is 402 g/mol. The van der Waals surface area contributed by atoms with Gasteiger partial charge in [0.2, 0.25) is 0 Å². The van der Waals surface area contributed by atoms with Gasteiger partial charge in [-0.15, -0.1) is 0 Å². The van der Waals surface area contributed by atoms with Crippen molar-refractivity contribution in [1.82, 2.24) is 20.4 Å². The number of likely N-dealkylation sites (N-methyl/N-ethyl adjacent to an activating group) is 1. The van der Waals surface area contributed by atoms with Crippen molar-refractivity contribution in [2.24, 2.45) is 4.99 Å². The second-order valence-electron chi connectivity index (χ2n) is 8.20. The van der Waals surface area contributed by atoms with Crippen molar-refractivity contribution in [3.8, 4) is 5.75 Å². The summed E-state index contributed by atoms with van der Waals surface area (Å²) in [5, 5.41) is 6.88. The topological polar surface area (TPSA) is 61.4 Å². The average Bonchev–Trinajstić information content (AvgIpc) is 2.81. The predicted octanol–water partition coefficient (Wildman–Crippen LogP) is 2.32. The van der Waals surface area contributed by atoms with Crippen LogP contribution in [0.2, 0.25) is 0 Å². The van der Waals surface area contributed by atoms with Gasteiger partial charge in [0, 0.05) is 51.9 Å². The first-order chi connectivity index (χ1) is 15.7. The van der Waals surface area contributed by atoms with Crippen molar-refractivity contribution in [3.05, 3.63) is 65.2 Å². The third-order valence-electron chi connectivity index (χ3n) is 5.50. The van der Waals surface area contributed by atoms with Gasteiger partial charge in [0.15, 0.2) is 5.96 Å². The van der Waals surface area contributed by atoms with E-state index in [9.17, 15) is 0 Å². The smallest absolute Gasteiger partial charge is 0.191 e. The summed E-state index contributed by atoms with van der Waals surface area (Å²) in [6.45, 7) is 7.47. The number of para-hydroxylation sites is 1. The Morgan fingerprint density at radius 2 is 1.59 bits per heavy atom. The average molecular weight is 440 g/mol. The van der Waals surface area contributed by atoms with E-state index >= 15 is 0 Å². The third kappa shape index (κ3) is 7.82. The number of hydrogen-bond donors (Lipinski definition) is 2. The molecule has 1 aliphatic heterocycles. The summed E-state index contributed by atoms with van der Waals surface area (Å²) in [5.41, 5.74) is 3.74. The number of benzene rings is 2. The van der Waals surface area contributed by atoms with Crippen molar-refractivity contribution < 1.29 is 9.47 Å². The maximum absolute atomic E-state index is 5.98. The van der Waals surface area contributed by atoms with Crippen molar-refractivity contribution >= 4 is 5.96 Å². The van der Waals surface area contributed by atoms with E-state index in [0.29, 0.717) is 13.2 Å². The molecule has 7 nitrogen and oxygen atoms in total. The number of ether oxygens (including phenoxy) is 2. The largest absolute Gasteiger partial charge is 0.492 e. The lowest BCUT2D eigenvalue weighted by molar-refractivity contribution is 0.0341. The van der Waals surface area contributed by atoms with Gasteiger partial charge in [-0.3, -0.25) is 9.89 Å². The van der Waals surface area contributed by atoms with Gasteiger partial charge in [-0.2, -0.15) is 0 Å². The fourth-order valence-corrected chi connectivity index (χ4v) is 3.59. The van der Waals surface area contributed by atoms with Gasteiger partial charge in [0.25, 0.3) is 0 Å². The molecule has 1 heterocycles. The minimum absolute atomic E-state index is 0.646. The SMILES string of the molecule is CN=C(NCc1ccccc1CN1CCOCC1)NCc1ccccc1OCCN(C)C. The molecule has 174 valence electrons. The van der Waals surface area contributed by atoms with E-state index in [2.05, 4.69) is 55.8 Å². The first kappa shape index (κ1) is 24.0. The van der Waals surface area contributed by atoms with Gasteiger partial charge in [-0.05, 0) is 31.3 Å². The summed E-state index contributed by atoms with van der Waals surface area (Å²) >= 11 is 0. The van der Waals surface area contributed by atoms with Gasteiger partial charge in [-0.25, -0.2) is 0 Å². The lowest BCUT2D eigenvalue weighted by Gasteiger charge is -2.27. The Morgan fingerprint density at radius 1 is 0.969 bits per heavy atom. The quantitative estimate of drug-likeness (QED) is 0.438. The zero-order chi connectivity index (χ0) is 22.6. The fourth-order valence-electron chi connectivity index (χ4n) is 3.59. The Kier molecular flexibility index (Phi) is 9.81. The molecule has 0 spiro atoms. The van der Waals surface area contributed by atoms with Crippen LogP contribution < -0.4 is 15.4 Å². The molecule has 0 amide bonds. The normalized spacial score (nSPS) is 15.1. The molecule has 3 rings (SSSR count). The summed E-state index contributed by atoms with van der Waals surface area (Å²) in [4.78, 5) is 8.96. The number of hydrogen-bond acceptors (Lipinski definition) is 5. The van der Waals surface area contributed by atoms with E-state index in [1.165, 1.54) is 11.1 Å². The molecule has 2 aromatic carbocycles. The van der Waals surface area contributed by atoms with Crippen LogP contribution in [0.1, 0.15) is 16.7 Å². The van der Waals surface area contributed by atoms with Crippen molar-refractivity contribution in [2.75, 3.05) is 60.6 Å². The van der Waals surface area contributed by atoms with Crippen molar-refractivity contribution in [2.45, 2.75) is 19.6 Å². The Labute approximate surface area is 192 Å². The molecule has 0 unspecified atom stereocenters. The number of nitrogens with one attached hydrogen (secondary N) is 2. The Morgan fingerprint density at radius 3 is 2.28 bits per heavy atom. The fraction of sp³-hybridized carbons (Fsp3) is 0.480. The molecule has 1 aliphatic rings. The van der Waals surface area contributed by atoms with Crippen molar-refractivity contribution in [1.29, 1.82) is 0 Å². The van der Waals surface area contributed by atoms with E-state index in [4.69, 9.17) is 9.47 Å². The lowest BCUT2D eigenvalue weighted by Crippen LogP contribution is -2.37. The molecule has 2 aromatic rings. The molecule has 0 radical (unpaired) electrons. The Bertz CT molecular complexity index is 850. The lowest BCUT2D eigenvalue weighted by atomic mass is 10.1. The van der Waals surface area contributed by atoms with Crippen LogP contribution in [0.4, 0.5) is 0 Å². The zero-order valence-corrected chi connectivity index (χ0v) is 19.6. The van der Waals surface area contributed by atoms with E-state index in [-0.39, 0.29) is 0 Å². The highest BCUT2D eigenvalue weighted by Gasteiger charge is 2.13. The third-order valence-corrected chi connectivity index (χ3v) is 5.50. The highest BCUT2D eigenvalue weighted by atomic mass is 16.5.